The lowest BCUT2D eigenvalue weighted by Gasteiger charge is -2.33. The molecule has 0 atom stereocenters. The minimum absolute atomic E-state index is 0.162. The van der Waals surface area contributed by atoms with E-state index in [0.29, 0.717) is 18.6 Å². The summed E-state index contributed by atoms with van der Waals surface area (Å²) in [7, 11) is 0. The molecule has 0 spiro atoms. The maximum Gasteiger partial charge on any atom is 0.119 e. The van der Waals surface area contributed by atoms with Gasteiger partial charge in [-0.2, -0.15) is 0 Å². The Balaban J connectivity index is 1.98. The molecule has 2 rings (SSSR count). The van der Waals surface area contributed by atoms with E-state index >= 15 is 0 Å². The zero-order valence-electron chi connectivity index (χ0n) is 15.7. The van der Waals surface area contributed by atoms with E-state index in [-0.39, 0.29) is 5.41 Å². The Kier molecular flexibility index (Phi) is 5.71. The minimum Gasteiger partial charge on any atom is -0.489 e. The van der Waals surface area contributed by atoms with E-state index in [2.05, 4.69) is 83.1 Å². The Morgan fingerprint density at radius 2 is 1.33 bits per heavy atom. The van der Waals surface area contributed by atoms with Crippen molar-refractivity contribution in [3.8, 4) is 5.75 Å². The fourth-order valence-corrected chi connectivity index (χ4v) is 3.37. The van der Waals surface area contributed by atoms with Gasteiger partial charge in [0.05, 0.1) is 0 Å². The Bertz CT molecular complexity index is 633. The smallest absolute Gasteiger partial charge is 0.119 e. The summed E-state index contributed by atoms with van der Waals surface area (Å²) in [6.07, 6.45) is 1.15. The van der Waals surface area contributed by atoms with Crippen LogP contribution in [0.1, 0.15) is 57.7 Å². The molecule has 0 aliphatic carbocycles. The normalized spacial score (nSPS) is 12.2. The van der Waals surface area contributed by atoms with Crippen LogP contribution in [0.2, 0.25) is 0 Å². The summed E-state index contributed by atoms with van der Waals surface area (Å²) in [6, 6.07) is 16.8. The van der Waals surface area contributed by atoms with Crippen molar-refractivity contribution in [1.29, 1.82) is 0 Å². The summed E-state index contributed by atoms with van der Waals surface area (Å²) < 4.78 is 5.90. The number of nitrogens with two attached hydrogens (primary N) is 1. The number of rotatable bonds is 6. The summed E-state index contributed by atoms with van der Waals surface area (Å²) >= 11 is 0. The van der Waals surface area contributed by atoms with Gasteiger partial charge in [-0.1, -0.05) is 71.0 Å². The second kappa shape index (κ2) is 7.40. The number of benzene rings is 2. The van der Waals surface area contributed by atoms with Crippen molar-refractivity contribution < 1.29 is 4.74 Å². The molecule has 0 heterocycles. The maximum absolute atomic E-state index is 5.90. The summed E-state index contributed by atoms with van der Waals surface area (Å²) in [4.78, 5) is 0. The van der Waals surface area contributed by atoms with Gasteiger partial charge in [-0.05, 0) is 46.1 Å². The van der Waals surface area contributed by atoms with Crippen LogP contribution in [0.15, 0.2) is 48.5 Å². The van der Waals surface area contributed by atoms with Crippen LogP contribution in [-0.4, -0.2) is 0 Å². The van der Waals surface area contributed by atoms with Gasteiger partial charge in [0.25, 0.3) is 0 Å². The third-order valence-corrected chi connectivity index (χ3v) is 4.27. The quantitative estimate of drug-likeness (QED) is 0.767. The predicted molar refractivity (Wildman–Crippen MR) is 102 cm³/mol. The summed E-state index contributed by atoms with van der Waals surface area (Å²) in [5.41, 5.74) is 9.75. The fourth-order valence-electron chi connectivity index (χ4n) is 3.37. The van der Waals surface area contributed by atoms with Crippen molar-refractivity contribution >= 4 is 0 Å². The van der Waals surface area contributed by atoms with E-state index < -0.39 is 0 Å². The number of ether oxygens (including phenoxy) is 1. The van der Waals surface area contributed by atoms with Crippen molar-refractivity contribution in [3.63, 3.8) is 0 Å². The fraction of sp³-hybridized carbons (Fsp3) is 0.455. The highest BCUT2D eigenvalue weighted by Crippen LogP contribution is 2.36. The van der Waals surface area contributed by atoms with Gasteiger partial charge in [-0.15, -0.1) is 0 Å². The molecule has 0 aromatic heterocycles. The Morgan fingerprint density at radius 3 is 1.83 bits per heavy atom. The van der Waals surface area contributed by atoms with Gasteiger partial charge in [-0.25, -0.2) is 0 Å². The van der Waals surface area contributed by atoms with Crippen LogP contribution in [0.4, 0.5) is 0 Å². The molecule has 0 bridgehead atoms. The second-order valence-corrected chi connectivity index (χ2v) is 8.45. The molecule has 0 aliphatic heterocycles. The molecule has 0 fully saturated rings. The minimum atomic E-state index is 0.162. The first kappa shape index (κ1) is 18.5. The lowest BCUT2D eigenvalue weighted by Crippen LogP contribution is -2.24. The van der Waals surface area contributed by atoms with Gasteiger partial charge in [0.15, 0.2) is 0 Å². The van der Waals surface area contributed by atoms with E-state index in [0.717, 1.165) is 23.3 Å². The van der Waals surface area contributed by atoms with Crippen LogP contribution in [0.3, 0.4) is 0 Å². The van der Waals surface area contributed by atoms with E-state index in [1.165, 1.54) is 5.56 Å². The highest BCUT2D eigenvalue weighted by atomic mass is 16.5. The van der Waals surface area contributed by atoms with Crippen LogP contribution in [0.25, 0.3) is 0 Å². The zero-order chi connectivity index (χ0) is 17.8. The lowest BCUT2D eigenvalue weighted by atomic mass is 9.72. The topological polar surface area (TPSA) is 35.2 Å². The van der Waals surface area contributed by atoms with Crippen molar-refractivity contribution in [1.82, 2.24) is 0 Å². The van der Waals surface area contributed by atoms with E-state index in [9.17, 15) is 0 Å². The van der Waals surface area contributed by atoms with E-state index in [1.54, 1.807) is 0 Å². The number of hydrogen-bond donors (Lipinski definition) is 1. The van der Waals surface area contributed by atoms with Gasteiger partial charge in [0.1, 0.15) is 12.4 Å². The molecule has 2 aromatic carbocycles. The predicted octanol–water partition coefficient (Wildman–Crippen LogP) is 5.44. The van der Waals surface area contributed by atoms with Crippen molar-refractivity contribution in [2.24, 2.45) is 11.1 Å². The van der Waals surface area contributed by atoms with Crippen LogP contribution < -0.4 is 10.5 Å². The first-order valence-corrected chi connectivity index (χ1v) is 8.71. The Hall–Kier alpha value is -1.80. The summed E-state index contributed by atoms with van der Waals surface area (Å²) in [5, 5.41) is 0. The number of hydrogen-bond acceptors (Lipinski definition) is 2. The largest absolute Gasteiger partial charge is 0.489 e. The Morgan fingerprint density at radius 1 is 0.792 bits per heavy atom. The average Bonchev–Trinajstić information content (AvgIpc) is 2.51. The third-order valence-electron chi connectivity index (χ3n) is 4.27. The molecule has 2 nitrogen and oxygen atoms in total. The van der Waals surface area contributed by atoms with Gasteiger partial charge in [-0.3, -0.25) is 0 Å². The summed E-state index contributed by atoms with van der Waals surface area (Å²) in [5.74, 6) is 0.910. The molecule has 0 saturated carbocycles. The van der Waals surface area contributed by atoms with Gasteiger partial charge in [0, 0.05) is 6.54 Å². The van der Waals surface area contributed by atoms with Crippen LogP contribution in [0.5, 0.6) is 5.75 Å². The molecule has 0 aliphatic rings. The van der Waals surface area contributed by atoms with Gasteiger partial charge in [0.2, 0.25) is 0 Å². The first-order valence-electron chi connectivity index (χ1n) is 8.71. The molecule has 24 heavy (non-hydrogen) atoms. The highest BCUT2D eigenvalue weighted by molar-refractivity contribution is 5.32. The van der Waals surface area contributed by atoms with Crippen molar-refractivity contribution in [3.05, 3.63) is 65.2 Å². The highest BCUT2D eigenvalue weighted by Gasteiger charge is 2.27. The van der Waals surface area contributed by atoms with Gasteiger partial charge >= 0.3 is 0 Å². The van der Waals surface area contributed by atoms with Crippen LogP contribution in [-0.2, 0) is 18.6 Å². The molecule has 0 amide bonds. The molecule has 0 radical (unpaired) electrons. The van der Waals surface area contributed by atoms with Crippen LogP contribution in [0, 0.1) is 5.41 Å². The second-order valence-electron chi connectivity index (χ2n) is 8.45. The standard InChI is InChI=1S/C22H31NO/c1-21(2,3)16-22(4,5)19-10-12-20(13-11-19)24-15-18-8-6-17(14-23)7-9-18/h6-13H,14-16,23H2,1-5H3. The molecule has 0 saturated heterocycles. The molecule has 2 aromatic rings. The molecular weight excluding hydrogens is 294 g/mol. The molecular formula is C22H31NO. The molecule has 2 N–H and O–H groups in total. The maximum atomic E-state index is 5.90. The molecule has 0 unspecified atom stereocenters. The van der Waals surface area contributed by atoms with Crippen molar-refractivity contribution in [2.75, 3.05) is 0 Å². The average molecular weight is 325 g/mol. The van der Waals surface area contributed by atoms with Crippen molar-refractivity contribution in [2.45, 2.75) is 59.6 Å². The van der Waals surface area contributed by atoms with E-state index in [4.69, 9.17) is 10.5 Å². The third kappa shape index (κ3) is 5.38. The van der Waals surface area contributed by atoms with E-state index in [1.807, 2.05) is 0 Å². The van der Waals surface area contributed by atoms with Gasteiger partial charge < -0.3 is 10.5 Å². The lowest BCUT2D eigenvalue weighted by molar-refractivity contribution is 0.283. The zero-order valence-corrected chi connectivity index (χ0v) is 15.7. The summed E-state index contributed by atoms with van der Waals surface area (Å²) in [6.45, 7) is 12.7. The molecule has 130 valence electrons. The first-order chi connectivity index (χ1) is 11.2. The monoisotopic (exact) mass is 325 g/mol. The molecule has 2 heteroatoms. The Labute approximate surface area is 147 Å². The SMILES string of the molecule is CC(C)(C)CC(C)(C)c1ccc(OCc2ccc(CN)cc2)cc1. The van der Waals surface area contributed by atoms with Crippen LogP contribution >= 0.6 is 0 Å².